The Bertz CT molecular complexity index is 1280. The van der Waals surface area contributed by atoms with E-state index in [1.807, 2.05) is 30.3 Å². The standard InChI is InChI=1S/C27H22O7/c1-30-20-10-5-4-8-17(20)9-6-13-23-26(28)19-15-14-18(16-24(19)34-23)33-27(29)25-21(31-2)11-7-12-22(25)32-3/h4-16H,1-3H3/b9-6+,23-13-. The predicted octanol–water partition coefficient (Wildman–Crippen LogP) is 5.10. The van der Waals surface area contributed by atoms with Gasteiger partial charge in [0.15, 0.2) is 5.76 Å². The highest BCUT2D eigenvalue weighted by atomic mass is 16.5. The summed E-state index contributed by atoms with van der Waals surface area (Å²) in [6, 6.07) is 17.1. The fraction of sp³-hybridized carbons (Fsp3) is 0.111. The van der Waals surface area contributed by atoms with Crippen molar-refractivity contribution >= 4 is 17.8 Å². The SMILES string of the molecule is COc1ccccc1/C=C/C=C1\Oc2cc(OC(=O)c3c(OC)cccc3OC)ccc2C1=O. The van der Waals surface area contributed by atoms with Crippen molar-refractivity contribution in [2.45, 2.75) is 0 Å². The second-order valence-electron chi connectivity index (χ2n) is 7.15. The lowest BCUT2D eigenvalue weighted by Gasteiger charge is -2.12. The minimum atomic E-state index is -0.658. The molecule has 0 N–H and O–H groups in total. The Morgan fingerprint density at radius 2 is 1.53 bits per heavy atom. The molecule has 0 spiro atoms. The van der Waals surface area contributed by atoms with E-state index in [0.717, 1.165) is 11.3 Å². The third-order valence-corrected chi connectivity index (χ3v) is 5.15. The first-order chi connectivity index (χ1) is 16.5. The van der Waals surface area contributed by atoms with Crippen molar-refractivity contribution in [1.29, 1.82) is 0 Å². The van der Waals surface area contributed by atoms with Gasteiger partial charge in [-0.2, -0.15) is 0 Å². The van der Waals surface area contributed by atoms with Gasteiger partial charge in [0.2, 0.25) is 5.78 Å². The largest absolute Gasteiger partial charge is 0.496 e. The molecule has 7 nitrogen and oxygen atoms in total. The molecule has 172 valence electrons. The second-order valence-corrected chi connectivity index (χ2v) is 7.15. The van der Waals surface area contributed by atoms with Gasteiger partial charge in [0, 0.05) is 11.6 Å². The maximum Gasteiger partial charge on any atom is 0.351 e. The number of carbonyl (C=O) groups excluding carboxylic acids is 2. The quantitative estimate of drug-likeness (QED) is 0.277. The maximum absolute atomic E-state index is 12.8. The molecule has 7 heteroatoms. The summed E-state index contributed by atoms with van der Waals surface area (Å²) in [6.45, 7) is 0. The molecule has 0 fully saturated rings. The average molecular weight is 458 g/mol. The van der Waals surface area contributed by atoms with Crippen LogP contribution < -0.4 is 23.7 Å². The average Bonchev–Trinajstić information content (AvgIpc) is 3.18. The molecule has 0 amide bonds. The number of carbonyl (C=O) groups is 2. The summed E-state index contributed by atoms with van der Waals surface area (Å²) < 4.78 is 27.1. The third-order valence-electron chi connectivity index (χ3n) is 5.15. The van der Waals surface area contributed by atoms with Gasteiger partial charge < -0.3 is 23.7 Å². The number of ketones is 1. The number of hydrogen-bond acceptors (Lipinski definition) is 7. The van der Waals surface area contributed by atoms with Gasteiger partial charge in [-0.3, -0.25) is 4.79 Å². The van der Waals surface area contributed by atoms with Crippen LogP contribution in [0.5, 0.6) is 28.7 Å². The summed E-state index contributed by atoms with van der Waals surface area (Å²) in [5, 5.41) is 0. The number of hydrogen-bond donors (Lipinski definition) is 0. The predicted molar refractivity (Wildman–Crippen MR) is 126 cm³/mol. The molecular formula is C27H22O7. The van der Waals surface area contributed by atoms with Crippen molar-refractivity contribution in [2.24, 2.45) is 0 Å². The van der Waals surface area contributed by atoms with Gasteiger partial charge in [-0.15, -0.1) is 0 Å². The van der Waals surface area contributed by atoms with Crippen LogP contribution in [0.4, 0.5) is 0 Å². The Morgan fingerprint density at radius 3 is 2.24 bits per heavy atom. The van der Waals surface area contributed by atoms with Gasteiger partial charge in [0.1, 0.15) is 34.3 Å². The molecule has 0 unspecified atom stereocenters. The Kier molecular flexibility index (Phi) is 6.64. The highest BCUT2D eigenvalue weighted by Gasteiger charge is 2.28. The van der Waals surface area contributed by atoms with E-state index in [4.69, 9.17) is 23.7 Å². The number of Topliss-reactive ketones (excluding diaryl/α,β-unsaturated/α-hetero) is 1. The van der Waals surface area contributed by atoms with Gasteiger partial charge in [-0.05, 0) is 36.4 Å². The maximum atomic E-state index is 12.8. The molecule has 0 atom stereocenters. The summed E-state index contributed by atoms with van der Waals surface area (Å²) >= 11 is 0. The van der Waals surface area contributed by atoms with Crippen molar-refractivity contribution in [1.82, 2.24) is 0 Å². The lowest BCUT2D eigenvalue weighted by molar-refractivity contribution is 0.0727. The molecule has 0 aliphatic carbocycles. The molecule has 1 heterocycles. The number of fused-ring (bicyclic) bond motifs is 1. The fourth-order valence-electron chi connectivity index (χ4n) is 3.50. The van der Waals surface area contributed by atoms with Crippen LogP contribution in [0.3, 0.4) is 0 Å². The van der Waals surface area contributed by atoms with Crippen LogP contribution in [0.1, 0.15) is 26.3 Å². The summed E-state index contributed by atoms with van der Waals surface area (Å²) in [4.78, 5) is 25.5. The summed E-state index contributed by atoms with van der Waals surface area (Å²) in [7, 11) is 4.51. The molecule has 0 bridgehead atoms. The molecule has 3 aromatic carbocycles. The van der Waals surface area contributed by atoms with Crippen LogP contribution >= 0.6 is 0 Å². The van der Waals surface area contributed by atoms with Crippen molar-refractivity contribution in [2.75, 3.05) is 21.3 Å². The summed E-state index contributed by atoms with van der Waals surface area (Å²) in [5.74, 6) is 1.13. The van der Waals surface area contributed by atoms with Gasteiger partial charge in [0.25, 0.3) is 0 Å². The van der Waals surface area contributed by atoms with Gasteiger partial charge in [-0.25, -0.2) is 4.79 Å². The van der Waals surface area contributed by atoms with E-state index in [-0.39, 0.29) is 22.9 Å². The first-order valence-electron chi connectivity index (χ1n) is 10.4. The van der Waals surface area contributed by atoms with Crippen molar-refractivity contribution in [3.63, 3.8) is 0 Å². The van der Waals surface area contributed by atoms with E-state index in [1.165, 1.54) is 26.4 Å². The van der Waals surface area contributed by atoms with E-state index in [1.54, 1.807) is 43.5 Å². The zero-order valence-electron chi connectivity index (χ0n) is 18.9. The van der Waals surface area contributed by atoms with Crippen LogP contribution in [0, 0.1) is 0 Å². The van der Waals surface area contributed by atoms with Crippen LogP contribution in [-0.4, -0.2) is 33.1 Å². The Hall–Kier alpha value is -4.52. The summed E-state index contributed by atoms with van der Waals surface area (Å²) in [5.41, 5.74) is 1.41. The molecule has 0 aromatic heterocycles. The number of benzene rings is 3. The lowest BCUT2D eigenvalue weighted by atomic mass is 10.1. The molecule has 4 rings (SSSR count). The van der Waals surface area contributed by atoms with Crippen LogP contribution in [0.25, 0.3) is 6.08 Å². The molecule has 34 heavy (non-hydrogen) atoms. The van der Waals surface area contributed by atoms with Crippen molar-refractivity contribution in [3.05, 3.63) is 95.3 Å². The Labute approximate surface area is 196 Å². The molecule has 1 aliphatic heterocycles. The number of rotatable bonds is 7. The van der Waals surface area contributed by atoms with Crippen molar-refractivity contribution in [3.8, 4) is 28.7 Å². The van der Waals surface area contributed by atoms with Crippen molar-refractivity contribution < 1.29 is 33.3 Å². The topological polar surface area (TPSA) is 80.3 Å². The summed E-state index contributed by atoms with van der Waals surface area (Å²) in [6.07, 6.45) is 5.12. The van der Waals surface area contributed by atoms with Crippen LogP contribution in [-0.2, 0) is 0 Å². The molecule has 1 aliphatic rings. The number of methoxy groups -OCH3 is 3. The van der Waals surface area contributed by atoms with Crippen LogP contribution in [0.2, 0.25) is 0 Å². The molecule has 3 aromatic rings. The zero-order chi connectivity index (χ0) is 24.1. The molecular weight excluding hydrogens is 436 g/mol. The van der Waals surface area contributed by atoms with Gasteiger partial charge in [-0.1, -0.05) is 36.4 Å². The first-order valence-corrected chi connectivity index (χ1v) is 10.4. The zero-order valence-corrected chi connectivity index (χ0v) is 18.9. The minimum absolute atomic E-state index is 0.159. The Balaban J connectivity index is 1.53. The molecule has 0 saturated carbocycles. The second kappa shape index (κ2) is 9.95. The number of para-hydroxylation sites is 1. The fourth-order valence-corrected chi connectivity index (χ4v) is 3.50. The van der Waals surface area contributed by atoms with E-state index < -0.39 is 5.97 Å². The van der Waals surface area contributed by atoms with E-state index in [2.05, 4.69) is 0 Å². The highest BCUT2D eigenvalue weighted by molar-refractivity contribution is 6.12. The Morgan fingerprint density at radius 1 is 0.853 bits per heavy atom. The van der Waals surface area contributed by atoms with Gasteiger partial charge in [0.05, 0.1) is 26.9 Å². The van der Waals surface area contributed by atoms with Gasteiger partial charge >= 0.3 is 5.97 Å². The van der Waals surface area contributed by atoms with Crippen LogP contribution in [0.15, 0.2) is 78.6 Å². The smallest absolute Gasteiger partial charge is 0.351 e. The molecule has 0 radical (unpaired) electrons. The first kappa shape index (κ1) is 22.7. The van der Waals surface area contributed by atoms with E-state index in [9.17, 15) is 9.59 Å². The third kappa shape index (κ3) is 4.49. The number of allylic oxidation sites excluding steroid dienone is 3. The number of esters is 1. The monoisotopic (exact) mass is 458 g/mol. The van der Waals surface area contributed by atoms with E-state index >= 15 is 0 Å². The highest BCUT2D eigenvalue weighted by Crippen LogP contribution is 2.35. The lowest BCUT2D eigenvalue weighted by Crippen LogP contribution is -2.12. The number of ether oxygens (including phenoxy) is 5. The van der Waals surface area contributed by atoms with E-state index in [0.29, 0.717) is 22.8 Å². The normalized spacial score (nSPS) is 13.5. The minimum Gasteiger partial charge on any atom is -0.496 e. The molecule has 0 saturated heterocycles.